The van der Waals surface area contributed by atoms with Gasteiger partial charge in [0.2, 0.25) is 0 Å². The summed E-state index contributed by atoms with van der Waals surface area (Å²) in [4.78, 5) is 2.38. The lowest BCUT2D eigenvalue weighted by Crippen LogP contribution is -2.28. The summed E-state index contributed by atoms with van der Waals surface area (Å²) >= 11 is 0. The average molecular weight is 1180 g/mol. The van der Waals surface area contributed by atoms with Crippen molar-refractivity contribution in [3.63, 3.8) is 0 Å². The summed E-state index contributed by atoms with van der Waals surface area (Å²) in [7, 11) is 0. The Morgan fingerprint density at radius 3 is 0.656 bits per heavy atom. The van der Waals surface area contributed by atoms with Gasteiger partial charge in [-0.2, -0.15) is 0 Å². The minimum absolute atomic E-state index is 0.446. The topological polar surface area (TPSA) is 3.24 Å². The highest BCUT2D eigenvalue weighted by atomic mass is 15.1. The van der Waals surface area contributed by atoms with Crippen LogP contribution < -0.4 is 4.90 Å². The van der Waals surface area contributed by atoms with E-state index in [2.05, 4.69) is 387 Å². The van der Waals surface area contributed by atoms with Crippen molar-refractivity contribution >= 4 is 17.1 Å². The summed E-state index contributed by atoms with van der Waals surface area (Å²) in [6, 6.07) is 141. The molecule has 15 aromatic carbocycles. The fourth-order valence-corrected chi connectivity index (χ4v) is 15.5. The van der Waals surface area contributed by atoms with Crippen LogP contribution in [0.5, 0.6) is 0 Å². The van der Waals surface area contributed by atoms with E-state index in [1.165, 1.54) is 111 Å². The van der Waals surface area contributed by atoms with Gasteiger partial charge in [0.15, 0.2) is 0 Å². The van der Waals surface area contributed by atoms with Crippen LogP contribution in [0.3, 0.4) is 0 Å². The third-order valence-electron chi connectivity index (χ3n) is 19.8. The Kier molecular flexibility index (Phi) is 13.7. The highest BCUT2D eigenvalue weighted by Gasteiger charge is 2.47. The summed E-state index contributed by atoms with van der Waals surface area (Å²) in [5, 5.41) is 0. The summed E-state index contributed by atoms with van der Waals surface area (Å²) < 4.78 is 0. The fourth-order valence-electron chi connectivity index (χ4n) is 15.5. The lowest BCUT2D eigenvalue weighted by Gasteiger charge is -2.34. The summed E-state index contributed by atoms with van der Waals surface area (Å²) in [5.74, 6) is 0. The standard InChI is InChI=1S/C92H63N/c1-4-22-70(23-5-1)79-28-10-12-30-81(79)82-31-13-11-29-80(82)71-42-40-64(41-43-71)67-48-58-76(59-49-67)93(77-60-50-68(51-61-77)65-44-54-74(55-45-65)91(72-24-6-2-7-25-72)87-36-18-14-32-83(87)84-33-15-19-37-88(84)91)78-62-52-69(53-63-78)66-46-56-75(57-47-66)92(73-26-8-3-9-27-73)89-38-20-16-34-85(89)86-35-17-21-39-90(86)92/h1-63H. The van der Waals surface area contributed by atoms with Crippen LogP contribution in [0.4, 0.5) is 17.1 Å². The van der Waals surface area contributed by atoms with Crippen LogP contribution in [0.15, 0.2) is 382 Å². The van der Waals surface area contributed by atoms with E-state index in [1.807, 2.05) is 0 Å². The molecule has 0 fully saturated rings. The Bertz CT molecular complexity index is 4870. The maximum atomic E-state index is 2.38. The van der Waals surface area contributed by atoms with Gasteiger partial charge < -0.3 is 4.90 Å². The molecule has 0 aliphatic heterocycles. The predicted octanol–water partition coefficient (Wildman–Crippen LogP) is 23.9. The summed E-state index contributed by atoms with van der Waals surface area (Å²) in [5.41, 5.74) is 32.1. The van der Waals surface area contributed by atoms with Crippen LogP contribution in [-0.4, -0.2) is 0 Å². The van der Waals surface area contributed by atoms with Gasteiger partial charge in [0.05, 0.1) is 10.8 Å². The third-order valence-corrected chi connectivity index (χ3v) is 19.8. The number of hydrogen-bond donors (Lipinski definition) is 0. The Balaban J connectivity index is 0.709. The molecule has 0 heterocycles. The molecule has 0 saturated carbocycles. The van der Waals surface area contributed by atoms with Crippen molar-refractivity contribution in [1.82, 2.24) is 0 Å². The van der Waals surface area contributed by atoms with E-state index in [-0.39, 0.29) is 0 Å². The van der Waals surface area contributed by atoms with Gasteiger partial charge in [0.1, 0.15) is 0 Å². The SMILES string of the molecule is c1ccc(-c2ccccc2-c2ccccc2-c2ccc(-c3ccc(N(c4ccc(-c5ccc(C6(c7ccccc7)c7ccccc7-c7ccccc76)cc5)cc4)c4ccc(-c5ccc(C6(c7ccccc7)c7ccccc7-c7ccccc76)cc5)cc4)cc3)cc2)cc1. The van der Waals surface area contributed by atoms with E-state index >= 15 is 0 Å². The first-order valence-electron chi connectivity index (χ1n) is 32.3. The Hall–Kier alpha value is -11.9. The first kappa shape index (κ1) is 55.2. The number of anilines is 3. The van der Waals surface area contributed by atoms with E-state index in [9.17, 15) is 0 Å². The van der Waals surface area contributed by atoms with E-state index in [0.29, 0.717) is 0 Å². The molecular formula is C92H63N. The van der Waals surface area contributed by atoms with E-state index < -0.39 is 10.8 Å². The lowest BCUT2D eigenvalue weighted by molar-refractivity contribution is 0.768. The third kappa shape index (κ3) is 9.23. The van der Waals surface area contributed by atoms with Crippen LogP contribution in [-0.2, 0) is 10.8 Å². The Morgan fingerprint density at radius 2 is 0.344 bits per heavy atom. The van der Waals surface area contributed by atoms with Crippen LogP contribution in [0.25, 0.3) is 89.0 Å². The molecule has 93 heavy (non-hydrogen) atoms. The van der Waals surface area contributed by atoms with Crippen molar-refractivity contribution in [1.29, 1.82) is 0 Å². The molecule has 1 heteroatoms. The minimum Gasteiger partial charge on any atom is -0.311 e. The second-order valence-corrected chi connectivity index (χ2v) is 24.6. The normalized spacial score (nSPS) is 12.9. The number of nitrogens with zero attached hydrogens (tertiary/aromatic N) is 1. The summed E-state index contributed by atoms with van der Waals surface area (Å²) in [6.45, 7) is 0. The highest BCUT2D eigenvalue weighted by Crippen LogP contribution is 2.58. The molecule has 0 aromatic heterocycles. The Labute approximate surface area is 545 Å². The fraction of sp³-hybridized carbons (Fsp3) is 0.0217. The molecule has 1 nitrogen and oxygen atoms in total. The monoisotopic (exact) mass is 1180 g/mol. The van der Waals surface area contributed by atoms with Gasteiger partial charge in [-0.3, -0.25) is 0 Å². The zero-order valence-corrected chi connectivity index (χ0v) is 51.3. The van der Waals surface area contributed by atoms with Crippen molar-refractivity contribution in [2.24, 2.45) is 0 Å². The number of rotatable bonds is 13. The van der Waals surface area contributed by atoms with E-state index in [4.69, 9.17) is 0 Å². The van der Waals surface area contributed by atoms with Gasteiger partial charge in [0.25, 0.3) is 0 Å². The first-order chi connectivity index (χ1) is 46.1. The van der Waals surface area contributed by atoms with Crippen LogP contribution in [0.1, 0.15) is 44.5 Å². The Morgan fingerprint density at radius 1 is 0.140 bits per heavy atom. The quantitative estimate of drug-likeness (QED) is 0.111. The van der Waals surface area contributed by atoms with Gasteiger partial charge in [-0.25, -0.2) is 0 Å². The molecule has 0 unspecified atom stereocenters. The largest absolute Gasteiger partial charge is 0.311 e. The van der Waals surface area contributed by atoms with Crippen molar-refractivity contribution < 1.29 is 0 Å². The summed E-state index contributed by atoms with van der Waals surface area (Å²) in [6.07, 6.45) is 0. The number of benzene rings is 15. The molecule has 0 atom stereocenters. The predicted molar refractivity (Wildman–Crippen MR) is 388 cm³/mol. The zero-order valence-electron chi connectivity index (χ0n) is 51.3. The van der Waals surface area contributed by atoms with Crippen molar-refractivity contribution in [3.05, 3.63) is 427 Å². The molecular weight excluding hydrogens is 1120 g/mol. The number of fused-ring (bicyclic) bond motifs is 6. The van der Waals surface area contributed by atoms with Crippen molar-refractivity contribution in [2.75, 3.05) is 4.90 Å². The van der Waals surface area contributed by atoms with E-state index in [1.54, 1.807) is 0 Å². The maximum absolute atomic E-state index is 2.38. The smallest absolute Gasteiger partial charge is 0.0713 e. The molecule has 0 N–H and O–H groups in total. The van der Waals surface area contributed by atoms with Crippen LogP contribution in [0, 0.1) is 0 Å². The average Bonchev–Trinajstić information content (AvgIpc) is 1.57. The molecule has 15 aromatic rings. The molecule has 0 bridgehead atoms. The minimum atomic E-state index is -0.446. The van der Waals surface area contributed by atoms with Crippen molar-refractivity contribution in [3.8, 4) is 89.0 Å². The van der Waals surface area contributed by atoms with Gasteiger partial charge in [0, 0.05) is 17.1 Å². The zero-order chi connectivity index (χ0) is 61.7. The van der Waals surface area contributed by atoms with Gasteiger partial charge in [-0.15, -0.1) is 0 Å². The van der Waals surface area contributed by atoms with Crippen LogP contribution >= 0.6 is 0 Å². The van der Waals surface area contributed by atoms with Crippen LogP contribution in [0.2, 0.25) is 0 Å². The van der Waals surface area contributed by atoms with Gasteiger partial charge in [-0.05, 0) is 170 Å². The molecule has 0 amide bonds. The molecule has 17 rings (SSSR count). The molecule has 0 saturated heterocycles. The second-order valence-electron chi connectivity index (χ2n) is 24.6. The molecule has 436 valence electrons. The highest BCUT2D eigenvalue weighted by molar-refractivity contribution is 5.93. The molecule has 0 radical (unpaired) electrons. The lowest BCUT2D eigenvalue weighted by atomic mass is 9.67. The van der Waals surface area contributed by atoms with E-state index in [0.717, 1.165) is 39.3 Å². The maximum Gasteiger partial charge on any atom is 0.0713 e. The van der Waals surface area contributed by atoms with Crippen molar-refractivity contribution in [2.45, 2.75) is 10.8 Å². The second kappa shape index (κ2) is 23.2. The molecule has 2 aliphatic carbocycles. The molecule has 0 spiro atoms. The molecule has 2 aliphatic rings. The number of hydrogen-bond acceptors (Lipinski definition) is 1. The van der Waals surface area contributed by atoms with Gasteiger partial charge >= 0.3 is 0 Å². The van der Waals surface area contributed by atoms with Gasteiger partial charge in [-0.1, -0.05) is 346 Å². The first-order valence-corrected chi connectivity index (χ1v) is 32.3.